The molecule has 1 N–H and O–H groups in total. The Balaban J connectivity index is 2.63. The van der Waals surface area contributed by atoms with Gasteiger partial charge in [-0.05, 0) is 18.8 Å². The van der Waals surface area contributed by atoms with Gasteiger partial charge in [-0.2, -0.15) is 0 Å². The minimum absolute atomic E-state index is 0.106. The highest BCUT2D eigenvalue weighted by molar-refractivity contribution is 4.99. The molecule has 0 atom stereocenters. The Hall–Kier alpha value is -0.990. The Bertz CT molecular complexity index is 322. The monoisotopic (exact) mass is 196 g/mol. The molecule has 0 aromatic carbocycles. The molecule has 1 aromatic rings. The molecule has 3 heteroatoms. The maximum absolute atomic E-state index is 11.5. The minimum Gasteiger partial charge on any atom is -0.300 e. The van der Waals surface area contributed by atoms with Crippen molar-refractivity contribution in [1.29, 1.82) is 0 Å². The molecule has 0 aliphatic heterocycles. The standard InChI is InChI=1S/C11H20N2O/c1-4-5-10-8-11(14)13(12-10)7-6-9(2)3/h8-9,12H,4-7H2,1-3H3. The lowest BCUT2D eigenvalue weighted by Gasteiger charge is -2.04. The molecular formula is C11H20N2O. The summed E-state index contributed by atoms with van der Waals surface area (Å²) < 4.78 is 1.71. The molecule has 0 saturated carbocycles. The maximum Gasteiger partial charge on any atom is 0.266 e. The van der Waals surface area contributed by atoms with Crippen LogP contribution < -0.4 is 5.56 Å². The topological polar surface area (TPSA) is 37.8 Å². The van der Waals surface area contributed by atoms with Crippen molar-refractivity contribution in [2.24, 2.45) is 5.92 Å². The van der Waals surface area contributed by atoms with Crippen LogP contribution in [0.3, 0.4) is 0 Å². The van der Waals surface area contributed by atoms with E-state index >= 15 is 0 Å². The first-order valence-corrected chi connectivity index (χ1v) is 5.42. The molecule has 0 fully saturated rings. The molecule has 1 rings (SSSR count). The third kappa shape index (κ3) is 3.05. The van der Waals surface area contributed by atoms with Gasteiger partial charge in [-0.25, -0.2) is 0 Å². The van der Waals surface area contributed by atoms with E-state index in [-0.39, 0.29) is 5.56 Å². The first-order valence-electron chi connectivity index (χ1n) is 5.42. The third-order valence-corrected chi connectivity index (χ3v) is 2.29. The van der Waals surface area contributed by atoms with E-state index in [0.29, 0.717) is 5.92 Å². The fourth-order valence-corrected chi connectivity index (χ4v) is 1.44. The molecule has 0 aliphatic rings. The zero-order valence-electron chi connectivity index (χ0n) is 9.34. The number of nitrogens with zero attached hydrogens (tertiary/aromatic N) is 1. The molecule has 0 unspecified atom stereocenters. The number of hydrogen-bond acceptors (Lipinski definition) is 1. The number of aromatic nitrogens is 2. The lowest BCUT2D eigenvalue weighted by Crippen LogP contribution is -2.16. The van der Waals surface area contributed by atoms with E-state index in [1.807, 2.05) is 0 Å². The van der Waals surface area contributed by atoms with Crippen LogP contribution in [-0.2, 0) is 13.0 Å². The molecule has 0 amide bonds. The van der Waals surface area contributed by atoms with E-state index in [9.17, 15) is 4.79 Å². The van der Waals surface area contributed by atoms with Crippen molar-refractivity contribution in [3.63, 3.8) is 0 Å². The van der Waals surface area contributed by atoms with E-state index < -0.39 is 0 Å². The van der Waals surface area contributed by atoms with Crippen LogP contribution in [0.1, 0.15) is 39.3 Å². The first-order chi connectivity index (χ1) is 6.63. The summed E-state index contributed by atoms with van der Waals surface area (Å²) in [5, 5.41) is 3.14. The second-order valence-electron chi connectivity index (χ2n) is 4.20. The first kappa shape index (κ1) is 11.1. The normalized spacial score (nSPS) is 11.1. The predicted octanol–water partition coefficient (Wildman–Crippen LogP) is 2.18. The Kier molecular flexibility index (Phi) is 3.98. The van der Waals surface area contributed by atoms with Gasteiger partial charge in [-0.3, -0.25) is 14.6 Å². The quantitative estimate of drug-likeness (QED) is 0.770. The number of hydrogen-bond donors (Lipinski definition) is 1. The molecule has 0 bridgehead atoms. The van der Waals surface area contributed by atoms with Crippen molar-refractivity contribution in [3.05, 3.63) is 22.1 Å². The second kappa shape index (κ2) is 5.03. The summed E-state index contributed by atoms with van der Waals surface area (Å²) in [4.78, 5) is 11.5. The van der Waals surface area contributed by atoms with Gasteiger partial charge in [-0.15, -0.1) is 0 Å². The van der Waals surface area contributed by atoms with Gasteiger partial charge in [0.15, 0.2) is 0 Å². The number of H-pyrrole nitrogens is 1. The van der Waals surface area contributed by atoms with Crippen LogP contribution in [0.5, 0.6) is 0 Å². The molecule has 1 heterocycles. The molecule has 80 valence electrons. The van der Waals surface area contributed by atoms with Crippen molar-refractivity contribution in [2.45, 2.75) is 46.6 Å². The van der Waals surface area contributed by atoms with Gasteiger partial charge >= 0.3 is 0 Å². The Labute approximate surface area is 85.1 Å². The maximum atomic E-state index is 11.5. The summed E-state index contributed by atoms with van der Waals surface area (Å²) in [6.07, 6.45) is 3.08. The van der Waals surface area contributed by atoms with Crippen LogP contribution >= 0.6 is 0 Å². The van der Waals surface area contributed by atoms with E-state index in [2.05, 4.69) is 25.9 Å². The lowest BCUT2D eigenvalue weighted by molar-refractivity contribution is 0.476. The van der Waals surface area contributed by atoms with E-state index in [0.717, 1.165) is 31.5 Å². The zero-order valence-corrected chi connectivity index (χ0v) is 9.34. The van der Waals surface area contributed by atoms with Crippen molar-refractivity contribution in [2.75, 3.05) is 0 Å². The number of nitrogens with one attached hydrogen (secondary N) is 1. The largest absolute Gasteiger partial charge is 0.300 e. The van der Waals surface area contributed by atoms with E-state index in [1.165, 1.54) is 0 Å². The minimum atomic E-state index is 0.106. The second-order valence-corrected chi connectivity index (χ2v) is 4.20. The Morgan fingerprint density at radius 3 is 2.79 bits per heavy atom. The summed E-state index contributed by atoms with van der Waals surface area (Å²) in [5.41, 5.74) is 1.16. The van der Waals surface area contributed by atoms with Crippen molar-refractivity contribution in [3.8, 4) is 0 Å². The highest BCUT2D eigenvalue weighted by Gasteiger charge is 2.02. The average molecular weight is 196 g/mol. The summed E-state index contributed by atoms with van der Waals surface area (Å²) in [5.74, 6) is 0.639. The number of rotatable bonds is 5. The van der Waals surface area contributed by atoms with E-state index in [1.54, 1.807) is 10.7 Å². The Morgan fingerprint density at radius 1 is 1.50 bits per heavy atom. The van der Waals surface area contributed by atoms with Crippen molar-refractivity contribution in [1.82, 2.24) is 9.78 Å². The summed E-state index contributed by atoms with van der Waals surface area (Å²) in [6.45, 7) is 7.26. The van der Waals surface area contributed by atoms with Gasteiger partial charge in [-0.1, -0.05) is 27.2 Å². The van der Waals surface area contributed by atoms with Crippen LogP contribution in [0.15, 0.2) is 10.9 Å². The van der Waals surface area contributed by atoms with Crippen molar-refractivity contribution >= 4 is 0 Å². The number of aromatic amines is 1. The molecular weight excluding hydrogens is 176 g/mol. The lowest BCUT2D eigenvalue weighted by atomic mass is 10.1. The molecule has 1 aromatic heterocycles. The average Bonchev–Trinajstić information content (AvgIpc) is 2.44. The Morgan fingerprint density at radius 2 is 2.21 bits per heavy atom. The van der Waals surface area contributed by atoms with Crippen LogP contribution in [-0.4, -0.2) is 9.78 Å². The molecule has 0 radical (unpaired) electrons. The van der Waals surface area contributed by atoms with Gasteiger partial charge in [0.25, 0.3) is 5.56 Å². The van der Waals surface area contributed by atoms with Gasteiger partial charge in [0, 0.05) is 18.3 Å². The SMILES string of the molecule is CCCc1cc(=O)n(CCC(C)C)[nH]1. The highest BCUT2D eigenvalue weighted by atomic mass is 16.1. The summed E-state index contributed by atoms with van der Waals surface area (Å²) in [6, 6.07) is 1.71. The fraction of sp³-hybridized carbons (Fsp3) is 0.727. The molecule has 0 saturated heterocycles. The fourth-order valence-electron chi connectivity index (χ4n) is 1.44. The third-order valence-electron chi connectivity index (χ3n) is 2.29. The van der Waals surface area contributed by atoms with Crippen LogP contribution in [0.4, 0.5) is 0 Å². The van der Waals surface area contributed by atoms with Crippen LogP contribution in [0.25, 0.3) is 0 Å². The molecule has 0 spiro atoms. The van der Waals surface area contributed by atoms with Gasteiger partial charge in [0.05, 0.1) is 0 Å². The zero-order chi connectivity index (χ0) is 10.6. The molecule has 3 nitrogen and oxygen atoms in total. The summed E-state index contributed by atoms with van der Waals surface area (Å²) in [7, 11) is 0. The van der Waals surface area contributed by atoms with Crippen LogP contribution in [0.2, 0.25) is 0 Å². The van der Waals surface area contributed by atoms with Crippen LogP contribution in [0, 0.1) is 5.92 Å². The summed E-state index contributed by atoms with van der Waals surface area (Å²) >= 11 is 0. The van der Waals surface area contributed by atoms with Gasteiger partial charge in [0.2, 0.25) is 0 Å². The highest BCUT2D eigenvalue weighted by Crippen LogP contribution is 2.01. The smallest absolute Gasteiger partial charge is 0.266 e. The van der Waals surface area contributed by atoms with Gasteiger partial charge < -0.3 is 0 Å². The predicted molar refractivity (Wildman–Crippen MR) is 58.5 cm³/mol. The van der Waals surface area contributed by atoms with E-state index in [4.69, 9.17) is 0 Å². The molecule has 0 aliphatic carbocycles. The number of aryl methyl sites for hydroxylation is 2. The van der Waals surface area contributed by atoms with Gasteiger partial charge in [0.1, 0.15) is 0 Å². The molecule has 14 heavy (non-hydrogen) atoms. The van der Waals surface area contributed by atoms with Crippen molar-refractivity contribution < 1.29 is 0 Å².